The van der Waals surface area contributed by atoms with Crippen LogP contribution in [0.3, 0.4) is 0 Å². The quantitative estimate of drug-likeness (QED) is 0.860. The first-order chi connectivity index (χ1) is 7.93. The molecular formula is C12H10N2OS. The predicted molar refractivity (Wildman–Crippen MR) is 64.3 cm³/mol. The molecule has 0 saturated heterocycles. The number of hydrogen-bond acceptors (Lipinski definition) is 4. The van der Waals surface area contributed by atoms with Crippen molar-refractivity contribution in [2.24, 2.45) is 4.99 Å². The van der Waals surface area contributed by atoms with E-state index < -0.39 is 0 Å². The number of benzene rings is 1. The normalized spacial score (nSPS) is 19.2. The molecule has 0 saturated carbocycles. The lowest BCUT2D eigenvalue weighted by molar-refractivity contribution is 0.0377. The Kier molecular flexibility index (Phi) is 2.44. The zero-order chi connectivity index (χ0) is 10.8. The first-order valence-corrected chi connectivity index (χ1v) is 5.95. The van der Waals surface area contributed by atoms with Crippen LogP contribution >= 0.6 is 11.3 Å². The van der Waals surface area contributed by atoms with Crippen LogP contribution in [-0.4, -0.2) is 5.84 Å². The molecule has 0 amide bonds. The maximum Gasteiger partial charge on any atom is 0.202 e. The van der Waals surface area contributed by atoms with Crippen LogP contribution in [0.2, 0.25) is 0 Å². The van der Waals surface area contributed by atoms with Crippen molar-refractivity contribution in [2.45, 2.75) is 6.23 Å². The summed E-state index contributed by atoms with van der Waals surface area (Å²) in [6.45, 7) is 0. The number of hydrogen-bond donors (Lipinski definition) is 1. The number of nitrogens with one attached hydrogen (secondary N) is 1. The van der Waals surface area contributed by atoms with Crippen LogP contribution < -0.4 is 5.48 Å². The molecule has 80 valence electrons. The SMILES string of the molecule is c1ccc(C2N=C(c3ccsc3)NO2)cc1. The average Bonchev–Trinajstić information content (AvgIpc) is 3.01. The van der Waals surface area contributed by atoms with Crippen molar-refractivity contribution in [3.05, 3.63) is 58.3 Å². The minimum absolute atomic E-state index is 0.240. The van der Waals surface area contributed by atoms with Gasteiger partial charge in [-0.3, -0.25) is 0 Å². The van der Waals surface area contributed by atoms with Crippen LogP contribution in [0.15, 0.2) is 52.2 Å². The van der Waals surface area contributed by atoms with Crippen LogP contribution in [0, 0.1) is 0 Å². The van der Waals surface area contributed by atoms with E-state index >= 15 is 0 Å². The largest absolute Gasteiger partial charge is 0.246 e. The van der Waals surface area contributed by atoms with Crippen molar-refractivity contribution in [3.63, 3.8) is 0 Å². The fourth-order valence-electron chi connectivity index (χ4n) is 1.57. The summed E-state index contributed by atoms with van der Waals surface area (Å²) in [7, 11) is 0. The molecule has 1 aromatic heterocycles. The summed E-state index contributed by atoms with van der Waals surface area (Å²) in [6, 6.07) is 12.0. The summed E-state index contributed by atoms with van der Waals surface area (Å²) in [6.07, 6.45) is -0.240. The van der Waals surface area contributed by atoms with Crippen molar-refractivity contribution in [1.29, 1.82) is 0 Å². The number of rotatable bonds is 2. The Morgan fingerprint density at radius 3 is 2.81 bits per heavy atom. The highest BCUT2D eigenvalue weighted by Gasteiger charge is 2.20. The van der Waals surface area contributed by atoms with Crippen LogP contribution in [0.4, 0.5) is 0 Å². The molecule has 1 N–H and O–H groups in total. The molecular weight excluding hydrogens is 220 g/mol. The zero-order valence-electron chi connectivity index (χ0n) is 8.46. The van der Waals surface area contributed by atoms with Gasteiger partial charge in [0.05, 0.1) is 0 Å². The van der Waals surface area contributed by atoms with Crippen LogP contribution in [0.25, 0.3) is 0 Å². The van der Waals surface area contributed by atoms with E-state index in [1.165, 1.54) is 0 Å². The van der Waals surface area contributed by atoms with Gasteiger partial charge in [-0.25, -0.2) is 15.3 Å². The zero-order valence-corrected chi connectivity index (χ0v) is 9.28. The van der Waals surface area contributed by atoms with Crippen LogP contribution in [-0.2, 0) is 4.84 Å². The second kappa shape index (κ2) is 4.08. The second-order valence-electron chi connectivity index (χ2n) is 3.47. The Hall–Kier alpha value is -1.65. The minimum atomic E-state index is -0.240. The van der Waals surface area contributed by atoms with E-state index in [1.54, 1.807) is 11.3 Å². The molecule has 1 unspecified atom stereocenters. The minimum Gasteiger partial charge on any atom is -0.246 e. The molecule has 0 spiro atoms. The van der Waals surface area contributed by atoms with Gasteiger partial charge in [-0.2, -0.15) is 11.3 Å². The molecule has 0 fully saturated rings. The Balaban J connectivity index is 1.87. The summed E-state index contributed by atoms with van der Waals surface area (Å²) in [5, 5.41) is 4.07. The molecule has 1 aromatic carbocycles. The third-order valence-corrected chi connectivity index (χ3v) is 3.08. The lowest BCUT2D eigenvalue weighted by Gasteiger charge is -2.04. The number of nitrogens with zero attached hydrogens (tertiary/aromatic N) is 1. The van der Waals surface area contributed by atoms with Crippen molar-refractivity contribution >= 4 is 17.2 Å². The molecule has 2 heterocycles. The van der Waals surface area contributed by atoms with Gasteiger partial charge >= 0.3 is 0 Å². The van der Waals surface area contributed by atoms with Crippen molar-refractivity contribution in [1.82, 2.24) is 5.48 Å². The molecule has 0 aliphatic carbocycles. The summed E-state index contributed by atoms with van der Waals surface area (Å²) >= 11 is 1.65. The molecule has 0 bridgehead atoms. The lowest BCUT2D eigenvalue weighted by Crippen LogP contribution is -2.17. The molecule has 3 rings (SSSR count). The molecule has 16 heavy (non-hydrogen) atoms. The van der Waals surface area contributed by atoms with E-state index in [-0.39, 0.29) is 6.23 Å². The van der Waals surface area contributed by atoms with Gasteiger partial charge in [-0.1, -0.05) is 30.3 Å². The Morgan fingerprint density at radius 2 is 2.06 bits per heavy atom. The van der Waals surface area contributed by atoms with Gasteiger partial charge in [0.25, 0.3) is 0 Å². The summed E-state index contributed by atoms with van der Waals surface area (Å²) in [5.41, 5.74) is 4.99. The van der Waals surface area contributed by atoms with Crippen molar-refractivity contribution in [3.8, 4) is 0 Å². The monoisotopic (exact) mass is 230 g/mol. The number of amidine groups is 1. The van der Waals surface area contributed by atoms with E-state index in [9.17, 15) is 0 Å². The smallest absolute Gasteiger partial charge is 0.202 e. The fraction of sp³-hybridized carbons (Fsp3) is 0.0833. The van der Waals surface area contributed by atoms with Gasteiger partial charge in [-0.05, 0) is 11.4 Å². The van der Waals surface area contributed by atoms with Crippen molar-refractivity contribution < 1.29 is 4.84 Å². The van der Waals surface area contributed by atoms with Gasteiger partial charge in [0.1, 0.15) is 0 Å². The Bertz CT molecular complexity index is 493. The van der Waals surface area contributed by atoms with Gasteiger partial charge < -0.3 is 0 Å². The summed E-state index contributed by atoms with van der Waals surface area (Å²) in [4.78, 5) is 9.92. The molecule has 0 radical (unpaired) electrons. The van der Waals surface area contributed by atoms with E-state index in [0.717, 1.165) is 17.0 Å². The second-order valence-corrected chi connectivity index (χ2v) is 4.25. The first kappa shape index (κ1) is 9.57. The highest BCUT2D eigenvalue weighted by Crippen LogP contribution is 2.23. The summed E-state index contributed by atoms with van der Waals surface area (Å²) < 4.78 is 0. The standard InChI is InChI=1S/C12H10N2OS/c1-2-4-9(5-3-1)12-13-11(14-15-12)10-6-7-16-8-10/h1-8,12H,(H,13,14). The lowest BCUT2D eigenvalue weighted by atomic mass is 10.2. The molecule has 4 heteroatoms. The third-order valence-electron chi connectivity index (χ3n) is 2.39. The Labute approximate surface area is 97.4 Å². The Morgan fingerprint density at radius 1 is 1.19 bits per heavy atom. The van der Waals surface area contributed by atoms with E-state index in [0.29, 0.717) is 0 Å². The molecule has 1 aliphatic heterocycles. The predicted octanol–water partition coefficient (Wildman–Crippen LogP) is 2.73. The highest BCUT2D eigenvalue weighted by molar-refractivity contribution is 7.08. The molecule has 3 nitrogen and oxygen atoms in total. The van der Waals surface area contributed by atoms with Gasteiger partial charge in [0.2, 0.25) is 6.23 Å². The topological polar surface area (TPSA) is 33.6 Å². The summed E-state index contributed by atoms with van der Waals surface area (Å²) in [5.74, 6) is 0.801. The fourth-order valence-corrected chi connectivity index (χ4v) is 2.22. The molecule has 1 atom stereocenters. The highest BCUT2D eigenvalue weighted by atomic mass is 32.1. The third kappa shape index (κ3) is 1.73. The average molecular weight is 230 g/mol. The van der Waals surface area contributed by atoms with Gasteiger partial charge in [0.15, 0.2) is 5.84 Å². The van der Waals surface area contributed by atoms with Crippen LogP contribution in [0.5, 0.6) is 0 Å². The molecule has 1 aliphatic rings. The molecule has 2 aromatic rings. The van der Waals surface area contributed by atoms with E-state index in [1.807, 2.05) is 47.2 Å². The maximum absolute atomic E-state index is 5.43. The number of thiophene rings is 1. The van der Waals surface area contributed by atoms with E-state index in [2.05, 4.69) is 10.5 Å². The maximum atomic E-state index is 5.43. The van der Waals surface area contributed by atoms with Gasteiger partial charge in [0, 0.05) is 16.5 Å². The number of aliphatic imine (C=N–C) groups is 1. The van der Waals surface area contributed by atoms with Crippen molar-refractivity contribution in [2.75, 3.05) is 0 Å². The number of hydroxylamine groups is 1. The first-order valence-electron chi connectivity index (χ1n) is 5.00. The van der Waals surface area contributed by atoms with Crippen LogP contribution in [0.1, 0.15) is 17.4 Å². The van der Waals surface area contributed by atoms with E-state index in [4.69, 9.17) is 4.84 Å². The van der Waals surface area contributed by atoms with Gasteiger partial charge in [-0.15, -0.1) is 0 Å².